The van der Waals surface area contributed by atoms with Crippen LogP contribution in [0.3, 0.4) is 0 Å². The lowest BCUT2D eigenvalue weighted by atomic mass is 9.45. The van der Waals surface area contributed by atoms with Crippen LogP contribution in [0.4, 0.5) is 0 Å². The average molecular weight is 304 g/mol. The molecule has 1 heterocycles. The molecule has 1 unspecified atom stereocenters. The van der Waals surface area contributed by atoms with Gasteiger partial charge in [0.25, 0.3) is 0 Å². The first-order chi connectivity index (χ1) is 10.2. The Balaban J connectivity index is 1.98. The number of aryl methyl sites for hydroxylation is 1. The van der Waals surface area contributed by atoms with Gasteiger partial charge in [0, 0.05) is 12.3 Å². The molecule has 0 spiro atoms. The Morgan fingerprint density at radius 2 is 1.91 bits per heavy atom. The zero-order valence-corrected chi connectivity index (χ0v) is 14.9. The summed E-state index contributed by atoms with van der Waals surface area (Å²) >= 11 is 0. The third kappa shape index (κ3) is 2.44. The summed E-state index contributed by atoms with van der Waals surface area (Å²) in [6.45, 7) is 11.5. The van der Waals surface area contributed by atoms with E-state index in [0.717, 1.165) is 25.0 Å². The second-order valence-electron chi connectivity index (χ2n) is 9.08. The van der Waals surface area contributed by atoms with Crippen LogP contribution in [-0.2, 0) is 6.42 Å². The predicted molar refractivity (Wildman–Crippen MR) is 89.7 cm³/mol. The van der Waals surface area contributed by atoms with Crippen LogP contribution < -0.4 is 0 Å². The third-order valence-corrected chi connectivity index (χ3v) is 7.12. The average Bonchev–Trinajstić information content (AvgIpc) is 2.78. The molecule has 1 aromatic heterocycles. The molecule has 2 fully saturated rings. The van der Waals surface area contributed by atoms with Crippen LogP contribution in [0.1, 0.15) is 71.1 Å². The Morgan fingerprint density at radius 1 is 1.18 bits per heavy atom. The maximum atomic E-state index is 11.2. The quantitative estimate of drug-likeness (QED) is 0.822. The summed E-state index contributed by atoms with van der Waals surface area (Å²) in [5, 5.41) is 11.2. The van der Waals surface area contributed by atoms with E-state index < -0.39 is 5.60 Å². The van der Waals surface area contributed by atoms with E-state index in [9.17, 15) is 5.11 Å². The van der Waals surface area contributed by atoms with E-state index in [1.807, 2.05) is 6.07 Å². The minimum atomic E-state index is -0.585. The van der Waals surface area contributed by atoms with Crippen LogP contribution in [0.25, 0.3) is 0 Å². The highest BCUT2D eigenvalue weighted by atomic mass is 16.3. The fourth-order valence-corrected chi connectivity index (χ4v) is 5.88. The molecule has 2 aliphatic rings. The first-order valence-electron chi connectivity index (χ1n) is 8.92. The summed E-state index contributed by atoms with van der Waals surface area (Å²) in [6.07, 6.45) is 8.57. The van der Waals surface area contributed by atoms with Gasteiger partial charge in [-0.3, -0.25) is 0 Å². The molecule has 2 saturated carbocycles. The van der Waals surface area contributed by atoms with Crippen molar-refractivity contribution in [2.75, 3.05) is 0 Å². The fraction of sp³-hybridized carbons (Fsp3) is 0.800. The molecule has 0 bridgehead atoms. The lowest BCUT2D eigenvalue weighted by Crippen LogP contribution is -2.58. The number of rotatable bonds is 2. The minimum Gasteiger partial charge on any atom is -0.469 e. The van der Waals surface area contributed by atoms with Gasteiger partial charge in [-0.2, -0.15) is 0 Å². The van der Waals surface area contributed by atoms with E-state index in [0.29, 0.717) is 11.3 Å². The molecule has 0 saturated heterocycles. The number of hydrogen-bond acceptors (Lipinski definition) is 2. The van der Waals surface area contributed by atoms with Gasteiger partial charge < -0.3 is 9.52 Å². The maximum Gasteiger partial charge on any atom is 0.107 e. The molecule has 0 radical (unpaired) electrons. The van der Waals surface area contributed by atoms with Gasteiger partial charge in [0.15, 0.2) is 0 Å². The van der Waals surface area contributed by atoms with Crippen molar-refractivity contribution in [2.45, 2.75) is 78.7 Å². The molecule has 0 aliphatic heterocycles. The second kappa shape index (κ2) is 5.12. The van der Waals surface area contributed by atoms with Crippen LogP contribution >= 0.6 is 0 Å². The first kappa shape index (κ1) is 16.1. The normalized spacial score (nSPS) is 41.2. The van der Waals surface area contributed by atoms with Gasteiger partial charge in [0.2, 0.25) is 0 Å². The smallest absolute Gasteiger partial charge is 0.107 e. The van der Waals surface area contributed by atoms with E-state index in [1.54, 1.807) is 6.26 Å². The summed E-state index contributed by atoms with van der Waals surface area (Å²) in [4.78, 5) is 0. The van der Waals surface area contributed by atoms with Crippen molar-refractivity contribution in [2.24, 2.45) is 22.7 Å². The van der Waals surface area contributed by atoms with Crippen molar-refractivity contribution in [1.29, 1.82) is 0 Å². The van der Waals surface area contributed by atoms with Crippen molar-refractivity contribution in [3.8, 4) is 0 Å². The Kier molecular flexibility index (Phi) is 3.75. The molecule has 0 amide bonds. The van der Waals surface area contributed by atoms with Gasteiger partial charge in [-0.25, -0.2) is 0 Å². The molecule has 4 atom stereocenters. The summed E-state index contributed by atoms with van der Waals surface area (Å²) < 4.78 is 5.73. The number of fused-ring (bicyclic) bond motifs is 1. The van der Waals surface area contributed by atoms with E-state index in [2.05, 4.69) is 34.6 Å². The third-order valence-electron chi connectivity index (χ3n) is 7.12. The highest BCUT2D eigenvalue weighted by molar-refractivity contribution is 5.18. The van der Waals surface area contributed by atoms with Gasteiger partial charge in [-0.15, -0.1) is 0 Å². The van der Waals surface area contributed by atoms with Gasteiger partial charge >= 0.3 is 0 Å². The summed E-state index contributed by atoms with van der Waals surface area (Å²) in [7, 11) is 0. The van der Waals surface area contributed by atoms with Crippen molar-refractivity contribution < 1.29 is 9.52 Å². The van der Waals surface area contributed by atoms with E-state index in [4.69, 9.17) is 4.42 Å². The Hall–Kier alpha value is -0.760. The molecular weight excluding hydrogens is 272 g/mol. The van der Waals surface area contributed by atoms with E-state index in [1.165, 1.54) is 24.8 Å². The highest BCUT2D eigenvalue weighted by Crippen LogP contribution is 2.62. The largest absolute Gasteiger partial charge is 0.469 e. The number of furan rings is 1. The zero-order chi connectivity index (χ0) is 16.2. The molecule has 1 aromatic rings. The monoisotopic (exact) mass is 304 g/mol. The van der Waals surface area contributed by atoms with Gasteiger partial charge in [-0.1, -0.05) is 27.2 Å². The molecule has 2 heteroatoms. The maximum absolute atomic E-state index is 11.2. The van der Waals surface area contributed by atoms with Gasteiger partial charge in [0.1, 0.15) is 5.76 Å². The summed E-state index contributed by atoms with van der Waals surface area (Å²) in [5.41, 5.74) is 1.23. The Labute approximate surface area is 135 Å². The standard InChI is InChI=1S/C20H32O2/c1-14-8-12-22-15(14)13-17-19(4)10-6-9-18(2,3)16(19)7-11-20(17,5)21/h8,12,16-17,21H,6-7,9-11,13H2,1-5H3/t16?,17-,19+,20-/m1/s1. The van der Waals surface area contributed by atoms with Gasteiger partial charge in [-0.05, 0) is 67.9 Å². The number of aliphatic hydroxyl groups is 1. The SMILES string of the molecule is Cc1ccoc1C[C@@H]1[C@@]2(C)CCCC(C)(C)C2CC[C@@]1(C)O. The predicted octanol–water partition coefficient (Wildman–Crippen LogP) is 5.12. The van der Waals surface area contributed by atoms with Crippen LogP contribution in [-0.4, -0.2) is 10.7 Å². The minimum absolute atomic E-state index is 0.211. The van der Waals surface area contributed by atoms with Crippen LogP contribution in [0.2, 0.25) is 0 Å². The van der Waals surface area contributed by atoms with Crippen molar-refractivity contribution in [3.63, 3.8) is 0 Å². The lowest BCUT2D eigenvalue weighted by molar-refractivity contribution is -0.167. The lowest BCUT2D eigenvalue weighted by Gasteiger charge is -2.61. The zero-order valence-electron chi connectivity index (χ0n) is 14.9. The molecule has 0 aromatic carbocycles. The first-order valence-corrected chi connectivity index (χ1v) is 8.92. The Bertz CT molecular complexity index is 540. The molecule has 22 heavy (non-hydrogen) atoms. The fourth-order valence-electron chi connectivity index (χ4n) is 5.88. The van der Waals surface area contributed by atoms with Crippen LogP contribution in [0.15, 0.2) is 16.7 Å². The number of hydrogen-bond donors (Lipinski definition) is 1. The van der Waals surface area contributed by atoms with E-state index >= 15 is 0 Å². The van der Waals surface area contributed by atoms with Crippen molar-refractivity contribution >= 4 is 0 Å². The molecule has 1 N–H and O–H groups in total. The van der Waals surface area contributed by atoms with E-state index in [-0.39, 0.29) is 11.3 Å². The summed E-state index contributed by atoms with van der Waals surface area (Å²) in [5.74, 6) is 2.05. The Morgan fingerprint density at radius 3 is 2.55 bits per heavy atom. The van der Waals surface area contributed by atoms with Crippen LogP contribution in [0.5, 0.6) is 0 Å². The molecule has 2 nitrogen and oxygen atoms in total. The van der Waals surface area contributed by atoms with Crippen LogP contribution in [0, 0.1) is 29.6 Å². The molecular formula is C20H32O2. The summed E-state index contributed by atoms with van der Waals surface area (Å²) in [6, 6.07) is 2.04. The van der Waals surface area contributed by atoms with Crippen molar-refractivity contribution in [3.05, 3.63) is 23.7 Å². The van der Waals surface area contributed by atoms with Gasteiger partial charge in [0.05, 0.1) is 11.9 Å². The second-order valence-corrected chi connectivity index (χ2v) is 9.08. The molecule has 2 aliphatic carbocycles. The molecule has 124 valence electrons. The topological polar surface area (TPSA) is 33.4 Å². The van der Waals surface area contributed by atoms with Crippen molar-refractivity contribution in [1.82, 2.24) is 0 Å². The highest BCUT2D eigenvalue weighted by Gasteiger charge is 2.57. The molecule has 3 rings (SSSR count).